The highest BCUT2D eigenvalue weighted by molar-refractivity contribution is 6.01. The van der Waals surface area contributed by atoms with E-state index < -0.39 is 94.3 Å². The Hall–Kier alpha value is -5.69. The lowest BCUT2D eigenvalue weighted by atomic mass is 9.58. The average Bonchev–Trinajstić information content (AvgIpc) is 3.79. The van der Waals surface area contributed by atoms with Gasteiger partial charge in [0, 0.05) is 30.6 Å². The first-order chi connectivity index (χ1) is 26.9. The summed E-state index contributed by atoms with van der Waals surface area (Å²) in [6, 6.07) is 5.18. The van der Waals surface area contributed by atoms with Gasteiger partial charge in [0.25, 0.3) is 11.8 Å². The van der Waals surface area contributed by atoms with Crippen molar-refractivity contribution in [3.05, 3.63) is 65.1 Å². The number of benzene rings is 2. The lowest BCUT2D eigenvalue weighted by Gasteiger charge is -2.54. The van der Waals surface area contributed by atoms with Gasteiger partial charge in [0.2, 0.25) is 17.6 Å². The van der Waals surface area contributed by atoms with Gasteiger partial charge < -0.3 is 33.5 Å². The molecule has 3 aliphatic heterocycles. The molecule has 20 heteroatoms. The van der Waals surface area contributed by atoms with Gasteiger partial charge in [-0.25, -0.2) is 22.8 Å². The SMILES string of the molecule is CC(C)(C)OC(=O)NC1CC(F)(F)c2cc(F)c(-c3nnc(C45CC(CN(C(=O)OC(C)(C)C)C4)C5)o3)cc2N(Cc2ccc(-c3noc(C(F)(F)F)n3)cc2)C1=O. The third kappa shape index (κ3) is 8.18. The standard InChI is InChI=1S/C38H39F6N7O7/c1-34(2,3)56-32(53)45-25-15-37(40,41)23-12-24(39)22(28-47-48-30(55-28)36-13-20(14-36)16-50(18-36)33(54)57-35(4,5)6)11-26(23)51(29(25)52)17-19-7-9-21(10-8-19)27-46-31(58-49-27)38(42,43)44/h7-12,20,25H,13-18H2,1-6H3,(H,45,53). The predicted molar refractivity (Wildman–Crippen MR) is 189 cm³/mol. The predicted octanol–water partition coefficient (Wildman–Crippen LogP) is 7.77. The van der Waals surface area contributed by atoms with E-state index in [4.69, 9.17) is 13.9 Å². The van der Waals surface area contributed by atoms with Crippen LogP contribution in [-0.4, -0.2) is 73.7 Å². The summed E-state index contributed by atoms with van der Waals surface area (Å²) in [7, 11) is 0. The maximum absolute atomic E-state index is 16.2. The molecule has 3 amide bonds. The van der Waals surface area contributed by atoms with Crippen LogP contribution in [0.5, 0.6) is 0 Å². The molecular formula is C38H39F6N7O7. The van der Waals surface area contributed by atoms with Gasteiger partial charge >= 0.3 is 24.3 Å². The first-order valence-corrected chi connectivity index (χ1v) is 18.2. The number of nitrogens with zero attached hydrogens (tertiary/aromatic N) is 6. The summed E-state index contributed by atoms with van der Waals surface area (Å²) in [6.07, 6.45) is -6.58. The number of nitrogens with one attached hydrogen (secondary N) is 1. The van der Waals surface area contributed by atoms with Crippen LogP contribution in [0.15, 0.2) is 45.3 Å². The van der Waals surface area contributed by atoms with Crippen LogP contribution in [0.1, 0.15) is 83.7 Å². The fourth-order valence-corrected chi connectivity index (χ4v) is 7.43. The van der Waals surface area contributed by atoms with Crippen molar-refractivity contribution in [2.24, 2.45) is 5.92 Å². The smallest absolute Gasteiger partial charge is 0.444 e. The van der Waals surface area contributed by atoms with Gasteiger partial charge in [0.1, 0.15) is 23.1 Å². The van der Waals surface area contributed by atoms with Crippen LogP contribution in [0.3, 0.4) is 0 Å². The number of alkyl carbamates (subject to hydrolysis) is 1. The normalized spacial score (nSPS) is 21.8. The van der Waals surface area contributed by atoms with E-state index in [1.807, 2.05) is 0 Å². The molecule has 4 aliphatic rings. The van der Waals surface area contributed by atoms with Gasteiger partial charge in [0.15, 0.2) is 0 Å². The number of carbonyl (C=O) groups is 3. The fraction of sp³-hybridized carbons (Fsp3) is 0.500. The molecule has 2 aromatic heterocycles. The number of hydrogen-bond acceptors (Lipinski definition) is 11. The molecule has 14 nitrogen and oxygen atoms in total. The highest BCUT2D eigenvalue weighted by Gasteiger charge is 2.56. The molecule has 8 rings (SSSR count). The zero-order valence-electron chi connectivity index (χ0n) is 32.2. The van der Waals surface area contributed by atoms with Crippen molar-refractivity contribution in [1.29, 1.82) is 0 Å². The summed E-state index contributed by atoms with van der Waals surface area (Å²) in [4.78, 5) is 45.8. The number of anilines is 1. The quantitative estimate of drug-likeness (QED) is 0.189. The van der Waals surface area contributed by atoms with Gasteiger partial charge in [-0.2, -0.15) is 18.2 Å². The van der Waals surface area contributed by atoms with Crippen LogP contribution in [0.2, 0.25) is 0 Å². The first kappa shape index (κ1) is 40.5. The van der Waals surface area contributed by atoms with E-state index in [1.165, 1.54) is 24.3 Å². The molecule has 1 unspecified atom stereocenters. The Kier molecular flexibility index (Phi) is 9.78. The molecule has 2 bridgehead atoms. The van der Waals surface area contributed by atoms with E-state index in [2.05, 4.69) is 30.2 Å². The Morgan fingerprint density at radius 2 is 1.64 bits per heavy atom. The highest BCUT2D eigenvalue weighted by atomic mass is 19.4. The molecule has 2 aromatic carbocycles. The number of fused-ring (bicyclic) bond motifs is 3. The van der Waals surface area contributed by atoms with Crippen molar-refractivity contribution in [2.45, 2.75) is 102 Å². The van der Waals surface area contributed by atoms with Gasteiger partial charge in [0.05, 0.1) is 23.2 Å². The fourth-order valence-electron chi connectivity index (χ4n) is 7.43. The number of alkyl halides is 5. The molecule has 2 saturated heterocycles. The topological polar surface area (TPSA) is 166 Å². The van der Waals surface area contributed by atoms with E-state index >= 15 is 13.2 Å². The van der Waals surface area contributed by atoms with Crippen molar-refractivity contribution < 1.29 is 59.1 Å². The summed E-state index contributed by atoms with van der Waals surface area (Å²) in [6.45, 7) is 10.1. The zero-order valence-corrected chi connectivity index (χ0v) is 32.2. The van der Waals surface area contributed by atoms with Crippen molar-refractivity contribution in [2.75, 3.05) is 18.0 Å². The number of hydrogen-bond donors (Lipinski definition) is 1. The number of rotatable bonds is 6. The number of amides is 3. The second-order valence-electron chi connectivity index (χ2n) is 16.8. The monoisotopic (exact) mass is 819 g/mol. The molecule has 1 saturated carbocycles. The van der Waals surface area contributed by atoms with Crippen LogP contribution in [0, 0.1) is 11.7 Å². The molecule has 58 heavy (non-hydrogen) atoms. The number of halogens is 6. The minimum atomic E-state index is -4.88. The van der Waals surface area contributed by atoms with Gasteiger partial charge in [-0.1, -0.05) is 29.4 Å². The average molecular weight is 820 g/mol. The van der Waals surface area contributed by atoms with E-state index in [-0.39, 0.29) is 35.6 Å². The number of aromatic nitrogens is 4. The minimum Gasteiger partial charge on any atom is -0.444 e. The number of piperidine rings is 2. The van der Waals surface area contributed by atoms with Gasteiger partial charge in [-0.05, 0) is 78.0 Å². The second kappa shape index (κ2) is 14.0. The summed E-state index contributed by atoms with van der Waals surface area (Å²) in [5.41, 5.74) is -3.83. The largest absolute Gasteiger partial charge is 0.471 e. The van der Waals surface area contributed by atoms with Crippen LogP contribution in [0.25, 0.3) is 22.8 Å². The first-order valence-electron chi connectivity index (χ1n) is 18.2. The van der Waals surface area contributed by atoms with Crippen LogP contribution < -0.4 is 10.2 Å². The lowest BCUT2D eigenvalue weighted by molar-refractivity contribution is -0.159. The number of carbonyl (C=O) groups excluding carboxylic acids is 3. The molecule has 0 radical (unpaired) electrons. The Morgan fingerprint density at radius 3 is 2.26 bits per heavy atom. The second-order valence-corrected chi connectivity index (χ2v) is 16.8. The van der Waals surface area contributed by atoms with Gasteiger partial charge in [-0.3, -0.25) is 4.79 Å². The van der Waals surface area contributed by atoms with Crippen LogP contribution in [0.4, 0.5) is 41.6 Å². The van der Waals surface area contributed by atoms with Crippen molar-refractivity contribution >= 4 is 23.8 Å². The molecule has 5 heterocycles. The van der Waals surface area contributed by atoms with Crippen molar-refractivity contribution in [3.63, 3.8) is 0 Å². The van der Waals surface area contributed by atoms with Gasteiger partial charge in [-0.15, -0.1) is 10.2 Å². The lowest BCUT2D eigenvalue weighted by Crippen LogP contribution is -2.61. The zero-order chi connectivity index (χ0) is 42.2. The molecule has 0 spiro atoms. The molecule has 4 aromatic rings. The Bertz CT molecular complexity index is 2240. The van der Waals surface area contributed by atoms with Crippen molar-refractivity contribution in [3.8, 4) is 22.8 Å². The Labute approximate surface area is 327 Å². The molecule has 1 N–H and O–H groups in total. The van der Waals surface area contributed by atoms with E-state index in [9.17, 15) is 27.6 Å². The third-order valence-corrected chi connectivity index (χ3v) is 9.80. The Morgan fingerprint density at radius 1 is 0.966 bits per heavy atom. The highest BCUT2D eigenvalue weighted by Crippen LogP contribution is 2.52. The summed E-state index contributed by atoms with van der Waals surface area (Å²) in [5, 5.41) is 13.8. The molecule has 310 valence electrons. The van der Waals surface area contributed by atoms with E-state index in [0.717, 1.165) is 11.0 Å². The summed E-state index contributed by atoms with van der Waals surface area (Å²) in [5.74, 6) is -8.11. The number of ether oxygens (including phenoxy) is 2. The molecule has 1 atom stereocenters. The maximum Gasteiger partial charge on any atom is 0.471 e. The Balaban J connectivity index is 1.23. The maximum atomic E-state index is 16.2. The summed E-state index contributed by atoms with van der Waals surface area (Å²) >= 11 is 0. The van der Waals surface area contributed by atoms with E-state index in [1.54, 1.807) is 46.4 Å². The molecule has 1 aliphatic carbocycles. The van der Waals surface area contributed by atoms with E-state index in [0.29, 0.717) is 31.0 Å². The summed E-state index contributed by atoms with van der Waals surface area (Å²) < 4.78 is 109. The third-order valence-electron chi connectivity index (χ3n) is 9.80. The minimum absolute atomic E-state index is 0.114. The van der Waals surface area contributed by atoms with Crippen molar-refractivity contribution in [1.82, 2.24) is 30.6 Å². The molecule has 3 fully saturated rings. The van der Waals surface area contributed by atoms with Crippen LogP contribution >= 0.6 is 0 Å². The molecular weight excluding hydrogens is 780 g/mol. The van der Waals surface area contributed by atoms with Crippen LogP contribution in [-0.2, 0) is 38.3 Å².